The summed E-state index contributed by atoms with van der Waals surface area (Å²) in [7, 11) is 0. The minimum absolute atomic E-state index is 0.0873. The Labute approximate surface area is 239 Å². The molecule has 0 saturated carbocycles. The van der Waals surface area contributed by atoms with Gasteiger partial charge in [-0.3, -0.25) is 9.59 Å². The molecule has 0 unspecified atom stereocenters. The van der Waals surface area contributed by atoms with E-state index in [1.54, 1.807) is 6.92 Å². The molecule has 41 heavy (non-hydrogen) atoms. The average molecular weight is 575 g/mol. The van der Waals surface area contributed by atoms with E-state index in [0.717, 1.165) is 11.1 Å². The molecule has 224 valence electrons. The lowest BCUT2D eigenvalue weighted by atomic mass is 9.98. The van der Waals surface area contributed by atoms with Crippen LogP contribution in [-0.4, -0.2) is 84.1 Å². The molecular weight excluding hydrogens is 536 g/mol. The van der Waals surface area contributed by atoms with Crippen LogP contribution in [0.3, 0.4) is 0 Å². The Kier molecular flexibility index (Phi) is 11.2. The number of hydrogen-bond donors (Lipinski definition) is 2. The van der Waals surface area contributed by atoms with E-state index in [9.17, 15) is 19.8 Å². The van der Waals surface area contributed by atoms with Crippen LogP contribution in [0.5, 0.6) is 0 Å². The molecule has 2 heterocycles. The molecule has 0 radical (unpaired) electrons. The van der Waals surface area contributed by atoms with Crippen LogP contribution in [0, 0.1) is 0 Å². The number of aliphatic hydroxyl groups is 2. The summed E-state index contributed by atoms with van der Waals surface area (Å²) in [5.74, 6) is -1.06. The molecule has 2 aliphatic rings. The summed E-state index contributed by atoms with van der Waals surface area (Å²) in [5, 5.41) is 22.2. The normalized spacial score (nSPS) is 31.8. The third kappa shape index (κ3) is 8.79. The van der Waals surface area contributed by atoms with Crippen molar-refractivity contribution in [3.05, 3.63) is 71.8 Å². The van der Waals surface area contributed by atoms with E-state index in [2.05, 4.69) is 0 Å². The number of aliphatic hydroxyl groups excluding tert-OH is 2. The highest BCUT2D eigenvalue weighted by Crippen LogP contribution is 2.30. The van der Waals surface area contributed by atoms with Crippen LogP contribution in [0.25, 0.3) is 0 Å². The van der Waals surface area contributed by atoms with Gasteiger partial charge in [0, 0.05) is 20.3 Å². The molecule has 0 aromatic heterocycles. The molecule has 4 rings (SSSR count). The van der Waals surface area contributed by atoms with Gasteiger partial charge in [0.15, 0.2) is 18.7 Å². The first-order valence-electron chi connectivity index (χ1n) is 13.7. The Balaban J connectivity index is 1.42. The minimum Gasteiger partial charge on any atom is -0.458 e. The highest BCUT2D eigenvalue weighted by molar-refractivity contribution is 5.67. The van der Waals surface area contributed by atoms with Crippen molar-refractivity contribution in [1.82, 2.24) is 0 Å². The van der Waals surface area contributed by atoms with Crippen LogP contribution in [0.2, 0.25) is 0 Å². The third-order valence-electron chi connectivity index (χ3n) is 6.89. The van der Waals surface area contributed by atoms with Crippen LogP contribution >= 0.6 is 0 Å². The highest BCUT2D eigenvalue weighted by Gasteiger charge is 2.47. The molecule has 2 aromatic carbocycles. The quantitative estimate of drug-likeness (QED) is 0.382. The van der Waals surface area contributed by atoms with Crippen LogP contribution in [0.1, 0.15) is 38.3 Å². The van der Waals surface area contributed by atoms with Crippen molar-refractivity contribution in [3.63, 3.8) is 0 Å². The molecule has 0 amide bonds. The molecule has 9 atom stereocenters. The van der Waals surface area contributed by atoms with Gasteiger partial charge in [-0.05, 0) is 18.1 Å². The minimum atomic E-state index is -1.41. The summed E-state index contributed by atoms with van der Waals surface area (Å²) in [6.45, 7) is 4.40. The summed E-state index contributed by atoms with van der Waals surface area (Å²) in [6, 6.07) is 18.9. The number of carbonyl (C=O) groups is 2. The molecule has 2 aliphatic heterocycles. The number of benzene rings is 2. The van der Waals surface area contributed by atoms with Gasteiger partial charge in [0.2, 0.25) is 0 Å². The number of rotatable bonds is 11. The molecular formula is C30H38O11. The zero-order valence-electron chi connectivity index (χ0n) is 23.4. The maximum absolute atomic E-state index is 11.7. The molecule has 2 fully saturated rings. The standard InChI is InChI=1S/C30H38O11/c1-18-27(40-20(3)32)23(39-19(2)31)14-25(38-18)35-17-24-26(33)28(36-15-21-10-6-4-7-11-21)29(30(34)41-24)37-16-22-12-8-5-9-13-22/h4-13,18,23-30,33-34H,14-17H2,1-3H3/t18-,23-,24+,25-,26+,27-,28-,29+,30-/m0/s1. The van der Waals surface area contributed by atoms with Crippen molar-refractivity contribution in [2.24, 2.45) is 0 Å². The lowest BCUT2D eigenvalue weighted by Gasteiger charge is -2.43. The lowest BCUT2D eigenvalue weighted by Crippen LogP contribution is -2.60. The molecule has 0 spiro atoms. The van der Waals surface area contributed by atoms with E-state index >= 15 is 0 Å². The number of esters is 2. The van der Waals surface area contributed by atoms with Crippen molar-refractivity contribution in [2.75, 3.05) is 6.61 Å². The lowest BCUT2D eigenvalue weighted by molar-refractivity contribution is -0.320. The largest absolute Gasteiger partial charge is 0.458 e. The molecule has 11 heteroatoms. The monoisotopic (exact) mass is 574 g/mol. The first-order valence-corrected chi connectivity index (χ1v) is 13.7. The van der Waals surface area contributed by atoms with Gasteiger partial charge in [-0.2, -0.15) is 0 Å². The van der Waals surface area contributed by atoms with E-state index in [0.29, 0.717) is 0 Å². The van der Waals surface area contributed by atoms with Crippen molar-refractivity contribution in [2.45, 2.75) is 95.7 Å². The smallest absolute Gasteiger partial charge is 0.303 e. The summed E-state index contributed by atoms with van der Waals surface area (Å²) in [4.78, 5) is 23.2. The van der Waals surface area contributed by atoms with Gasteiger partial charge in [-0.1, -0.05) is 60.7 Å². The average Bonchev–Trinajstić information content (AvgIpc) is 2.94. The maximum Gasteiger partial charge on any atom is 0.303 e. The Morgan fingerprint density at radius 2 is 1.34 bits per heavy atom. The van der Waals surface area contributed by atoms with Gasteiger partial charge < -0.3 is 43.4 Å². The van der Waals surface area contributed by atoms with Crippen LogP contribution < -0.4 is 0 Å². The SMILES string of the molecule is CC(=O)O[C@H]1[C@H](C)O[C@H](OC[C@H]2O[C@H](O)[C@H](OCc3ccccc3)[C@@H](OCc3ccccc3)[C@@H]2O)C[C@@H]1OC(C)=O. The van der Waals surface area contributed by atoms with Gasteiger partial charge in [0.1, 0.15) is 30.5 Å². The van der Waals surface area contributed by atoms with E-state index in [4.69, 9.17) is 33.2 Å². The fourth-order valence-electron chi connectivity index (χ4n) is 4.95. The topological polar surface area (TPSA) is 139 Å². The number of ether oxygens (including phenoxy) is 7. The number of hydrogen-bond acceptors (Lipinski definition) is 11. The van der Waals surface area contributed by atoms with Crippen molar-refractivity contribution < 1.29 is 53.0 Å². The molecule has 0 aliphatic carbocycles. The first kappa shape index (κ1) is 31.0. The summed E-state index contributed by atoms with van der Waals surface area (Å²) in [6.07, 6.45) is -8.53. The zero-order valence-corrected chi connectivity index (χ0v) is 23.4. The zero-order chi connectivity index (χ0) is 29.4. The van der Waals surface area contributed by atoms with Gasteiger partial charge in [-0.25, -0.2) is 0 Å². The van der Waals surface area contributed by atoms with Gasteiger partial charge in [0.05, 0.1) is 25.9 Å². The second kappa shape index (κ2) is 14.8. The predicted molar refractivity (Wildman–Crippen MR) is 143 cm³/mol. The van der Waals surface area contributed by atoms with E-state index in [1.165, 1.54) is 13.8 Å². The predicted octanol–water partition coefficient (Wildman–Crippen LogP) is 2.25. The molecule has 0 bridgehead atoms. The fraction of sp³-hybridized carbons (Fsp3) is 0.533. The van der Waals surface area contributed by atoms with Crippen LogP contribution in [0.15, 0.2) is 60.7 Å². The van der Waals surface area contributed by atoms with E-state index in [-0.39, 0.29) is 26.2 Å². The van der Waals surface area contributed by atoms with Crippen molar-refractivity contribution in [3.8, 4) is 0 Å². The molecule has 2 aromatic rings. The maximum atomic E-state index is 11.7. The van der Waals surface area contributed by atoms with Crippen LogP contribution in [0.4, 0.5) is 0 Å². The Morgan fingerprint density at radius 3 is 1.90 bits per heavy atom. The Morgan fingerprint density at radius 1 is 0.780 bits per heavy atom. The highest BCUT2D eigenvalue weighted by atomic mass is 16.7. The second-order valence-electron chi connectivity index (χ2n) is 10.1. The first-order chi connectivity index (χ1) is 19.7. The summed E-state index contributed by atoms with van der Waals surface area (Å²) >= 11 is 0. The van der Waals surface area contributed by atoms with Crippen molar-refractivity contribution in [1.29, 1.82) is 0 Å². The van der Waals surface area contributed by atoms with Gasteiger partial charge in [0.25, 0.3) is 0 Å². The van der Waals surface area contributed by atoms with E-state index in [1.807, 2.05) is 60.7 Å². The Bertz CT molecular complexity index is 1100. The molecule has 2 N–H and O–H groups in total. The summed E-state index contributed by atoms with van der Waals surface area (Å²) in [5.41, 5.74) is 1.78. The second-order valence-corrected chi connectivity index (χ2v) is 10.1. The third-order valence-corrected chi connectivity index (χ3v) is 6.89. The molecule has 11 nitrogen and oxygen atoms in total. The van der Waals surface area contributed by atoms with Gasteiger partial charge in [-0.15, -0.1) is 0 Å². The number of carbonyl (C=O) groups excluding carboxylic acids is 2. The Hall–Kier alpha value is -2.90. The van der Waals surface area contributed by atoms with Crippen LogP contribution in [-0.2, 0) is 56.0 Å². The fourth-order valence-corrected chi connectivity index (χ4v) is 4.95. The molecule has 2 saturated heterocycles. The summed E-state index contributed by atoms with van der Waals surface area (Å²) < 4.78 is 40.3. The van der Waals surface area contributed by atoms with Crippen molar-refractivity contribution >= 4 is 11.9 Å². The van der Waals surface area contributed by atoms with Gasteiger partial charge >= 0.3 is 11.9 Å². The van der Waals surface area contributed by atoms with E-state index < -0.39 is 67.2 Å².